The number of aromatic nitrogens is 2. The summed E-state index contributed by atoms with van der Waals surface area (Å²) in [5.74, 6) is 1.00. The van der Waals surface area contributed by atoms with Gasteiger partial charge in [0.1, 0.15) is 5.82 Å². The maximum Gasteiger partial charge on any atom is 0.321 e. The minimum absolute atomic E-state index is 0. The van der Waals surface area contributed by atoms with Crippen molar-refractivity contribution in [2.75, 3.05) is 30.4 Å². The van der Waals surface area contributed by atoms with E-state index in [4.69, 9.17) is 0 Å². The lowest BCUT2D eigenvalue weighted by atomic mass is 10.0. The predicted octanol–water partition coefficient (Wildman–Crippen LogP) is 4.43. The van der Waals surface area contributed by atoms with Crippen molar-refractivity contribution in [2.45, 2.75) is 18.9 Å². The normalized spacial score (nSPS) is 14.0. The van der Waals surface area contributed by atoms with E-state index in [0.29, 0.717) is 5.69 Å². The van der Waals surface area contributed by atoms with Gasteiger partial charge >= 0.3 is 6.03 Å². The van der Waals surface area contributed by atoms with Crippen LogP contribution in [0.3, 0.4) is 0 Å². The number of carbonyl (C=O) groups excluding carboxylic acids is 1. The number of halogens is 1. The van der Waals surface area contributed by atoms with E-state index in [2.05, 4.69) is 20.2 Å². The molecule has 0 bridgehead atoms. The van der Waals surface area contributed by atoms with Gasteiger partial charge in [-0.1, -0.05) is 36.4 Å². The Balaban J connectivity index is 0.00000256. The Morgan fingerprint density at radius 2 is 1.73 bits per heavy atom. The average molecular weight is 407 g/mol. The summed E-state index contributed by atoms with van der Waals surface area (Å²) in [6.45, 7) is 1.79. The van der Waals surface area contributed by atoms with Crippen molar-refractivity contribution in [2.24, 2.45) is 0 Å². The number of nitrogens with one attached hydrogen (secondary N) is 1. The highest BCUT2D eigenvalue weighted by atomic mass is 19.0. The number of hydrogen-bond donors (Lipinski definition) is 1. The van der Waals surface area contributed by atoms with E-state index in [-0.39, 0.29) is 16.8 Å². The van der Waals surface area contributed by atoms with Crippen LogP contribution in [0, 0.1) is 0 Å². The van der Waals surface area contributed by atoms with Crippen LogP contribution in [0.1, 0.15) is 12.8 Å². The topological polar surface area (TPSA) is 61.4 Å². The van der Waals surface area contributed by atoms with Gasteiger partial charge in [0.2, 0.25) is 0 Å². The zero-order valence-electron chi connectivity index (χ0n) is 16.9. The van der Waals surface area contributed by atoms with Gasteiger partial charge in [0, 0.05) is 37.9 Å². The lowest BCUT2D eigenvalue weighted by Crippen LogP contribution is -2.47. The molecule has 1 aliphatic heterocycles. The van der Waals surface area contributed by atoms with Crippen molar-refractivity contribution in [3.63, 3.8) is 0 Å². The molecule has 1 fully saturated rings. The van der Waals surface area contributed by atoms with Crippen molar-refractivity contribution in [3.05, 3.63) is 73.1 Å². The monoisotopic (exact) mass is 407 g/mol. The molecule has 1 aliphatic rings. The van der Waals surface area contributed by atoms with Gasteiger partial charge in [-0.2, -0.15) is 0 Å². The highest BCUT2D eigenvalue weighted by molar-refractivity contribution is 5.89. The quantitative estimate of drug-likeness (QED) is 0.695. The van der Waals surface area contributed by atoms with Crippen LogP contribution >= 0.6 is 0 Å². The van der Waals surface area contributed by atoms with Crippen molar-refractivity contribution in [3.8, 4) is 11.3 Å². The number of hydrogen-bond acceptors (Lipinski definition) is 4. The van der Waals surface area contributed by atoms with E-state index in [9.17, 15) is 4.79 Å². The first-order chi connectivity index (χ1) is 14.2. The summed E-state index contributed by atoms with van der Waals surface area (Å²) in [5, 5.41) is 2.96. The number of nitrogens with zero attached hydrogens (tertiary/aromatic N) is 4. The zero-order valence-corrected chi connectivity index (χ0v) is 16.9. The fourth-order valence-electron chi connectivity index (χ4n) is 3.65. The van der Waals surface area contributed by atoms with E-state index < -0.39 is 0 Å². The lowest BCUT2D eigenvalue weighted by Gasteiger charge is -2.37. The van der Waals surface area contributed by atoms with Crippen molar-refractivity contribution >= 4 is 17.5 Å². The second kappa shape index (κ2) is 9.82. The Bertz CT molecular complexity index is 929. The fraction of sp³-hybridized carbons (Fsp3) is 0.261. The summed E-state index contributed by atoms with van der Waals surface area (Å²) in [6, 6.07) is 19.9. The molecule has 4 rings (SSSR count). The fourth-order valence-corrected chi connectivity index (χ4v) is 3.65. The summed E-state index contributed by atoms with van der Waals surface area (Å²) in [7, 11) is 1.86. The molecule has 0 radical (unpaired) electrons. The van der Waals surface area contributed by atoms with Crippen LogP contribution in [0.2, 0.25) is 0 Å². The van der Waals surface area contributed by atoms with Gasteiger partial charge in [0.05, 0.1) is 17.6 Å². The van der Waals surface area contributed by atoms with Gasteiger partial charge in [0.25, 0.3) is 0 Å². The Hall–Kier alpha value is -3.48. The molecule has 2 amide bonds. The number of amides is 2. The maximum atomic E-state index is 12.7. The number of urea groups is 1. The second-order valence-corrected chi connectivity index (χ2v) is 7.25. The summed E-state index contributed by atoms with van der Waals surface area (Å²) in [5.41, 5.74) is 2.65. The largest absolute Gasteiger partial charge is 0.356 e. The van der Waals surface area contributed by atoms with Crippen molar-refractivity contribution in [1.29, 1.82) is 0 Å². The second-order valence-electron chi connectivity index (χ2n) is 7.25. The lowest BCUT2D eigenvalue weighted by molar-refractivity contribution is 0.193. The number of anilines is 2. The Labute approximate surface area is 175 Å². The molecule has 3 aromatic rings. The molecule has 1 aromatic carbocycles. The molecule has 1 saturated heterocycles. The molecule has 0 aliphatic carbocycles. The molecule has 7 heteroatoms. The first-order valence-electron chi connectivity index (χ1n) is 9.92. The number of carbonyl (C=O) groups is 1. The van der Waals surface area contributed by atoms with Gasteiger partial charge in [-0.05, 0) is 37.1 Å². The predicted molar refractivity (Wildman–Crippen MR) is 118 cm³/mol. The molecule has 156 valence electrons. The molecule has 0 atom stereocenters. The smallest absolute Gasteiger partial charge is 0.321 e. The van der Waals surface area contributed by atoms with Crippen LogP contribution in [0.15, 0.2) is 73.1 Å². The third kappa shape index (κ3) is 4.92. The number of benzene rings is 1. The molecule has 0 saturated carbocycles. The van der Waals surface area contributed by atoms with Crippen LogP contribution in [0.5, 0.6) is 0 Å². The van der Waals surface area contributed by atoms with Crippen LogP contribution < -0.4 is 10.2 Å². The van der Waals surface area contributed by atoms with Crippen molar-refractivity contribution in [1.82, 2.24) is 14.9 Å². The van der Waals surface area contributed by atoms with E-state index in [1.165, 1.54) is 0 Å². The number of piperidine rings is 1. The van der Waals surface area contributed by atoms with E-state index in [1.54, 1.807) is 11.1 Å². The third-order valence-electron chi connectivity index (χ3n) is 5.39. The van der Waals surface area contributed by atoms with Gasteiger partial charge in [-0.3, -0.25) is 9.69 Å². The van der Waals surface area contributed by atoms with Gasteiger partial charge < -0.3 is 15.1 Å². The highest BCUT2D eigenvalue weighted by Gasteiger charge is 2.26. The Morgan fingerprint density at radius 1 is 1.00 bits per heavy atom. The van der Waals surface area contributed by atoms with E-state index >= 15 is 0 Å². The maximum absolute atomic E-state index is 12.7. The Kier molecular flexibility index (Phi) is 6.95. The molecule has 1 N–H and O–H groups in total. The summed E-state index contributed by atoms with van der Waals surface area (Å²) < 4.78 is 0. The van der Waals surface area contributed by atoms with Crippen LogP contribution in [-0.2, 0) is 0 Å². The van der Waals surface area contributed by atoms with E-state index in [1.807, 2.05) is 73.9 Å². The van der Waals surface area contributed by atoms with Gasteiger partial charge in [0.15, 0.2) is 0 Å². The molecule has 30 heavy (non-hydrogen) atoms. The zero-order chi connectivity index (χ0) is 20.1. The number of rotatable bonds is 4. The summed E-state index contributed by atoms with van der Waals surface area (Å²) >= 11 is 0. The first kappa shape index (κ1) is 21.2. The minimum atomic E-state index is -0.101. The highest BCUT2D eigenvalue weighted by Crippen LogP contribution is 2.22. The molecular formula is C23H26FN5O. The average Bonchev–Trinajstić information content (AvgIpc) is 2.80. The molecule has 3 heterocycles. The molecule has 2 aromatic heterocycles. The van der Waals surface area contributed by atoms with Crippen LogP contribution in [0.25, 0.3) is 11.3 Å². The minimum Gasteiger partial charge on any atom is -0.356 e. The first-order valence-corrected chi connectivity index (χ1v) is 9.92. The molecule has 0 unspecified atom stereocenters. The van der Waals surface area contributed by atoms with Crippen LogP contribution in [0.4, 0.5) is 21.0 Å². The SMILES string of the molecule is CN(C(=O)Nc1ccc(-c2ccccc2)nc1)C1CCN(c2ccccn2)CC1.F. The third-order valence-corrected chi connectivity index (χ3v) is 5.39. The van der Waals surface area contributed by atoms with E-state index in [0.717, 1.165) is 43.0 Å². The summed E-state index contributed by atoms with van der Waals surface area (Å²) in [6.07, 6.45) is 5.37. The molecule has 0 spiro atoms. The summed E-state index contributed by atoms with van der Waals surface area (Å²) in [4.78, 5) is 25.6. The molecular weight excluding hydrogens is 381 g/mol. The Morgan fingerprint density at radius 3 is 2.37 bits per heavy atom. The van der Waals surface area contributed by atoms with Crippen LogP contribution in [-0.4, -0.2) is 47.1 Å². The standard InChI is InChI=1S/C23H25N5O.FH/c1-27(20-12-15-28(16-13-20)22-9-5-6-14-24-22)23(29)26-19-10-11-21(25-17-19)18-7-3-2-4-8-18;/h2-11,14,17,20H,12-13,15-16H2,1H3,(H,26,29);1H. The van der Waals surface area contributed by atoms with Crippen molar-refractivity contribution < 1.29 is 9.50 Å². The van der Waals surface area contributed by atoms with Gasteiger partial charge in [-0.25, -0.2) is 9.78 Å². The van der Waals surface area contributed by atoms with Gasteiger partial charge in [-0.15, -0.1) is 0 Å². The molecule has 6 nitrogen and oxygen atoms in total. The number of pyridine rings is 2.